The first-order valence-electron chi connectivity index (χ1n) is 11.9. The van der Waals surface area contributed by atoms with Crippen LogP contribution in [0.1, 0.15) is 23.2 Å². The van der Waals surface area contributed by atoms with Gasteiger partial charge in [0, 0.05) is 31.0 Å². The lowest BCUT2D eigenvalue weighted by Crippen LogP contribution is -2.25. The Morgan fingerprint density at radius 2 is 1.63 bits per heavy atom. The van der Waals surface area contributed by atoms with E-state index in [0.29, 0.717) is 29.4 Å². The molecule has 0 unspecified atom stereocenters. The maximum absolute atomic E-state index is 13.1. The minimum atomic E-state index is -0.208. The molecule has 0 spiro atoms. The summed E-state index contributed by atoms with van der Waals surface area (Å²) in [5.41, 5.74) is 3.98. The lowest BCUT2D eigenvalue weighted by atomic mass is 10.0. The molecule has 1 aliphatic heterocycles. The third kappa shape index (κ3) is 6.05. The second-order valence-corrected chi connectivity index (χ2v) is 8.46. The zero-order valence-electron chi connectivity index (χ0n) is 20.6. The molecule has 0 radical (unpaired) electrons. The molecule has 1 amide bonds. The SMILES string of the molecule is CNc1cc(-c2ccc(OC)cc2)ccc1C(=O)Nc1ccc(OCCN2CCCC2)c(OC)c1. The monoisotopic (exact) mass is 475 g/mol. The van der Waals surface area contributed by atoms with E-state index in [-0.39, 0.29) is 5.91 Å². The van der Waals surface area contributed by atoms with E-state index in [0.717, 1.165) is 42.2 Å². The number of likely N-dealkylation sites (tertiary alicyclic amines) is 1. The number of anilines is 2. The third-order valence-corrected chi connectivity index (χ3v) is 6.24. The minimum absolute atomic E-state index is 0.208. The number of carbonyl (C=O) groups is 1. The van der Waals surface area contributed by atoms with Gasteiger partial charge in [0.1, 0.15) is 12.4 Å². The largest absolute Gasteiger partial charge is 0.497 e. The van der Waals surface area contributed by atoms with E-state index in [1.807, 2.05) is 54.6 Å². The zero-order chi connectivity index (χ0) is 24.6. The Bertz CT molecular complexity index is 1140. The van der Waals surface area contributed by atoms with Crippen molar-refractivity contribution in [3.8, 4) is 28.4 Å². The Kier molecular flexibility index (Phi) is 8.11. The summed E-state index contributed by atoms with van der Waals surface area (Å²) >= 11 is 0. The molecule has 184 valence electrons. The van der Waals surface area contributed by atoms with Gasteiger partial charge in [-0.15, -0.1) is 0 Å². The molecule has 1 saturated heterocycles. The van der Waals surface area contributed by atoms with Crippen molar-refractivity contribution in [1.82, 2.24) is 4.90 Å². The molecule has 3 aromatic carbocycles. The first-order valence-corrected chi connectivity index (χ1v) is 11.9. The number of benzene rings is 3. The van der Waals surface area contributed by atoms with E-state index in [1.165, 1.54) is 12.8 Å². The lowest BCUT2D eigenvalue weighted by molar-refractivity contribution is 0.102. The molecule has 0 saturated carbocycles. The summed E-state index contributed by atoms with van der Waals surface area (Å²) in [6.45, 7) is 3.79. The van der Waals surface area contributed by atoms with E-state index >= 15 is 0 Å². The van der Waals surface area contributed by atoms with Gasteiger partial charge >= 0.3 is 0 Å². The average Bonchev–Trinajstić information content (AvgIpc) is 3.42. The predicted octanol–water partition coefficient (Wildman–Crippen LogP) is 5.14. The van der Waals surface area contributed by atoms with Gasteiger partial charge in [0.2, 0.25) is 0 Å². The summed E-state index contributed by atoms with van der Waals surface area (Å²) in [4.78, 5) is 15.5. The minimum Gasteiger partial charge on any atom is -0.497 e. The van der Waals surface area contributed by atoms with Gasteiger partial charge in [-0.1, -0.05) is 18.2 Å². The highest BCUT2D eigenvalue weighted by atomic mass is 16.5. The Labute approximate surface area is 207 Å². The van der Waals surface area contributed by atoms with Gasteiger partial charge in [0.05, 0.1) is 19.8 Å². The number of rotatable bonds is 10. The van der Waals surface area contributed by atoms with Crippen LogP contribution in [0.4, 0.5) is 11.4 Å². The van der Waals surface area contributed by atoms with Gasteiger partial charge < -0.3 is 24.8 Å². The van der Waals surface area contributed by atoms with Gasteiger partial charge in [-0.2, -0.15) is 0 Å². The van der Waals surface area contributed by atoms with E-state index in [4.69, 9.17) is 14.2 Å². The molecule has 1 heterocycles. The van der Waals surface area contributed by atoms with E-state index in [2.05, 4.69) is 15.5 Å². The second-order valence-electron chi connectivity index (χ2n) is 8.46. The fraction of sp³-hybridized carbons (Fsp3) is 0.321. The highest BCUT2D eigenvalue weighted by Crippen LogP contribution is 2.32. The Hall–Kier alpha value is -3.71. The number of nitrogens with zero attached hydrogens (tertiary/aromatic N) is 1. The Balaban J connectivity index is 1.44. The van der Waals surface area contributed by atoms with Gasteiger partial charge in [0.15, 0.2) is 11.5 Å². The van der Waals surface area contributed by atoms with Crippen molar-refractivity contribution in [3.05, 3.63) is 66.2 Å². The number of carbonyl (C=O) groups excluding carboxylic acids is 1. The first-order chi connectivity index (χ1) is 17.1. The lowest BCUT2D eigenvalue weighted by Gasteiger charge is -2.17. The summed E-state index contributed by atoms with van der Waals surface area (Å²) in [6, 6.07) is 19.0. The molecule has 0 bridgehead atoms. The van der Waals surface area contributed by atoms with Crippen LogP contribution in [-0.2, 0) is 0 Å². The van der Waals surface area contributed by atoms with Crippen molar-refractivity contribution in [3.63, 3.8) is 0 Å². The molecule has 7 heteroatoms. The molecule has 3 aromatic rings. The summed E-state index contributed by atoms with van der Waals surface area (Å²) in [7, 11) is 5.06. The second kappa shape index (κ2) is 11.6. The van der Waals surface area contributed by atoms with E-state index < -0.39 is 0 Å². The fourth-order valence-corrected chi connectivity index (χ4v) is 4.27. The standard InChI is InChI=1S/C28H33N3O4/c1-29-25-18-21(20-6-10-23(33-2)11-7-20)8-12-24(25)28(32)30-22-9-13-26(27(19-22)34-3)35-17-16-31-14-4-5-15-31/h6-13,18-19,29H,4-5,14-17H2,1-3H3,(H,30,32). The molecule has 7 nitrogen and oxygen atoms in total. The number of methoxy groups -OCH3 is 2. The molecule has 0 atom stereocenters. The third-order valence-electron chi connectivity index (χ3n) is 6.24. The van der Waals surface area contributed by atoms with Crippen LogP contribution in [0.2, 0.25) is 0 Å². The van der Waals surface area contributed by atoms with Crippen LogP contribution in [0.3, 0.4) is 0 Å². The predicted molar refractivity (Wildman–Crippen MR) is 140 cm³/mol. The maximum atomic E-state index is 13.1. The number of ether oxygens (including phenoxy) is 3. The molecular formula is C28H33N3O4. The number of hydrogen-bond donors (Lipinski definition) is 2. The van der Waals surface area contributed by atoms with Gasteiger partial charge in [0.25, 0.3) is 5.91 Å². The zero-order valence-corrected chi connectivity index (χ0v) is 20.6. The summed E-state index contributed by atoms with van der Waals surface area (Å²) < 4.78 is 16.7. The van der Waals surface area contributed by atoms with Crippen LogP contribution in [0.5, 0.6) is 17.2 Å². The smallest absolute Gasteiger partial charge is 0.257 e. The van der Waals surface area contributed by atoms with E-state index in [9.17, 15) is 4.79 Å². The molecule has 4 rings (SSSR count). The molecule has 1 fully saturated rings. The average molecular weight is 476 g/mol. The Morgan fingerprint density at radius 1 is 0.886 bits per heavy atom. The maximum Gasteiger partial charge on any atom is 0.257 e. The van der Waals surface area contributed by atoms with Crippen molar-refractivity contribution in [2.24, 2.45) is 0 Å². The number of hydrogen-bond acceptors (Lipinski definition) is 6. The van der Waals surface area contributed by atoms with Crippen molar-refractivity contribution in [1.29, 1.82) is 0 Å². The van der Waals surface area contributed by atoms with Gasteiger partial charge in [-0.25, -0.2) is 0 Å². The van der Waals surface area contributed by atoms with Crippen molar-refractivity contribution in [2.45, 2.75) is 12.8 Å². The van der Waals surface area contributed by atoms with Crippen molar-refractivity contribution < 1.29 is 19.0 Å². The first kappa shape index (κ1) is 24.4. The van der Waals surface area contributed by atoms with Crippen molar-refractivity contribution in [2.75, 3.05) is 58.1 Å². The molecule has 1 aliphatic rings. The van der Waals surface area contributed by atoms with E-state index in [1.54, 1.807) is 27.3 Å². The molecule has 35 heavy (non-hydrogen) atoms. The molecular weight excluding hydrogens is 442 g/mol. The normalized spacial score (nSPS) is 13.3. The van der Waals surface area contributed by atoms with Crippen LogP contribution < -0.4 is 24.8 Å². The summed E-state index contributed by atoms with van der Waals surface area (Å²) in [6.07, 6.45) is 2.52. The number of amides is 1. The van der Waals surface area contributed by atoms with Crippen LogP contribution in [-0.4, -0.2) is 58.3 Å². The Morgan fingerprint density at radius 3 is 2.31 bits per heavy atom. The molecule has 0 aliphatic carbocycles. The van der Waals surface area contributed by atoms with Crippen LogP contribution >= 0.6 is 0 Å². The molecule has 0 aromatic heterocycles. The van der Waals surface area contributed by atoms with Gasteiger partial charge in [-0.05, 0) is 73.5 Å². The quantitative estimate of drug-likeness (QED) is 0.423. The van der Waals surface area contributed by atoms with Crippen molar-refractivity contribution >= 4 is 17.3 Å². The summed E-state index contributed by atoms with van der Waals surface area (Å²) in [5, 5.41) is 6.11. The molecule has 2 N–H and O–H groups in total. The topological polar surface area (TPSA) is 72.1 Å². The van der Waals surface area contributed by atoms with Gasteiger partial charge in [-0.3, -0.25) is 9.69 Å². The highest BCUT2D eigenvalue weighted by Gasteiger charge is 2.15. The van der Waals surface area contributed by atoms with Crippen LogP contribution in [0.25, 0.3) is 11.1 Å². The fourth-order valence-electron chi connectivity index (χ4n) is 4.27. The van der Waals surface area contributed by atoms with Crippen LogP contribution in [0, 0.1) is 0 Å². The number of nitrogens with one attached hydrogen (secondary N) is 2. The highest BCUT2D eigenvalue weighted by molar-refractivity contribution is 6.08. The van der Waals surface area contributed by atoms with Crippen LogP contribution in [0.15, 0.2) is 60.7 Å². The summed E-state index contributed by atoms with van der Waals surface area (Å²) in [5.74, 6) is 1.86.